The average Bonchev–Trinajstić information content (AvgIpc) is 2.94. The van der Waals surface area contributed by atoms with Crippen LogP contribution in [0.3, 0.4) is 0 Å². The van der Waals surface area contributed by atoms with Gasteiger partial charge in [-0.2, -0.15) is 13.2 Å². The van der Waals surface area contributed by atoms with Crippen molar-refractivity contribution in [2.75, 3.05) is 0 Å². The van der Waals surface area contributed by atoms with Crippen molar-refractivity contribution in [3.05, 3.63) is 131 Å². The number of hydrogen-bond acceptors (Lipinski definition) is 5. The Morgan fingerprint density at radius 2 is 1.07 bits per heavy atom. The molecule has 1 heterocycles. The van der Waals surface area contributed by atoms with Crippen molar-refractivity contribution in [2.45, 2.75) is 6.18 Å². The third kappa shape index (κ3) is 7.06. The molecule has 1 aromatic heterocycles. The number of fused-ring (bicyclic) bond motifs is 1. The number of alkyl halides is 3. The van der Waals surface area contributed by atoms with Gasteiger partial charge in [0.05, 0.1) is 5.39 Å². The van der Waals surface area contributed by atoms with Crippen molar-refractivity contribution in [1.29, 1.82) is 0 Å². The fourth-order valence-electron chi connectivity index (χ4n) is 3.84. The number of benzene rings is 4. The van der Waals surface area contributed by atoms with Crippen LogP contribution in [0, 0.1) is 49.4 Å². The summed E-state index contributed by atoms with van der Waals surface area (Å²) in [6.45, 7) is 0. The second-order valence-electron chi connectivity index (χ2n) is 8.05. The van der Waals surface area contributed by atoms with Crippen molar-refractivity contribution in [1.82, 2.24) is 0 Å². The van der Waals surface area contributed by atoms with Crippen LogP contribution in [-0.4, -0.2) is 22.5 Å². The molecule has 1 radical (unpaired) electrons. The third-order valence-electron chi connectivity index (χ3n) is 5.63. The van der Waals surface area contributed by atoms with Crippen molar-refractivity contribution in [3.8, 4) is 5.75 Å². The van der Waals surface area contributed by atoms with Crippen LogP contribution in [0.2, 0.25) is 0 Å². The van der Waals surface area contributed by atoms with Crippen LogP contribution in [0.15, 0.2) is 124 Å². The average molecular weight is 706 g/mol. The fourth-order valence-corrected chi connectivity index (χ4v) is 6.51. The molecule has 0 spiro atoms. The Morgan fingerprint density at radius 3 is 1.48 bits per heavy atom. The van der Waals surface area contributed by atoms with Gasteiger partial charge in [-0.15, -0.1) is 0 Å². The van der Waals surface area contributed by atoms with E-state index in [1.807, 2.05) is 91.0 Å². The largest absolute Gasteiger partial charge is 0.506 e. The minimum atomic E-state index is -5.26. The van der Waals surface area contributed by atoms with Gasteiger partial charge in [0, 0.05) is 65.3 Å². The normalized spacial score (nSPS) is 10.9. The van der Waals surface area contributed by atoms with Gasteiger partial charge in [0.25, 0.3) is 5.78 Å². The molecule has 0 aliphatic heterocycles. The Kier molecular flexibility index (Phi) is 11.8. The molecular weight excluding hydrogens is 684 g/mol. The number of carbonyl (C=O) groups is 1. The number of rotatable bonds is 4. The Hall–Kier alpha value is -2.88. The van der Waals surface area contributed by atoms with Crippen molar-refractivity contribution >= 4 is 39.8 Å². The van der Waals surface area contributed by atoms with Crippen molar-refractivity contribution in [3.63, 3.8) is 0 Å². The molecule has 0 aliphatic carbocycles. The number of hydrogen-bond donors (Lipinski definition) is 1. The summed E-state index contributed by atoms with van der Waals surface area (Å²) in [7, 11) is -2.78. The Morgan fingerprint density at radius 1 is 0.700 bits per heavy atom. The first-order valence-corrected chi connectivity index (χ1v) is 13.0. The predicted molar refractivity (Wildman–Crippen MR) is 144 cm³/mol. The molecule has 6 nitrogen and oxygen atoms in total. The molecule has 40 heavy (non-hydrogen) atoms. The second-order valence-corrected chi connectivity index (χ2v) is 10.8. The smallest absolute Gasteiger partial charge is 0.455 e. The molecule has 0 amide bonds. The van der Waals surface area contributed by atoms with Crippen molar-refractivity contribution < 1.29 is 86.9 Å². The number of aromatic hydroxyl groups is 1. The number of para-hydroxylation sites is 1. The number of halogens is 3. The van der Waals surface area contributed by atoms with Gasteiger partial charge in [-0.05, 0) is 12.1 Å². The molecule has 5 aromatic rings. The van der Waals surface area contributed by atoms with E-state index in [9.17, 15) is 32.4 Å². The van der Waals surface area contributed by atoms with Gasteiger partial charge >= 0.3 is 11.8 Å². The summed E-state index contributed by atoms with van der Waals surface area (Å²) >= 11 is 0. The summed E-state index contributed by atoms with van der Waals surface area (Å²) in [4.78, 5) is 22.3. The number of ketones is 1. The van der Waals surface area contributed by atoms with Gasteiger partial charge in [0.1, 0.15) is 11.3 Å². The molecule has 0 aliphatic rings. The van der Waals surface area contributed by atoms with Crippen molar-refractivity contribution in [2.24, 2.45) is 0 Å². The molecule has 0 bridgehead atoms. The molecule has 11 heteroatoms. The van der Waals surface area contributed by atoms with Crippen LogP contribution < -0.4 is 21.5 Å². The van der Waals surface area contributed by atoms with Gasteiger partial charge in [-0.25, -0.2) is 4.79 Å². The maximum absolute atomic E-state index is 13.8. The summed E-state index contributed by atoms with van der Waals surface area (Å²) in [5.74, 6) is -3.45. The van der Waals surface area contributed by atoms with E-state index >= 15 is 0 Å². The predicted octanol–water partition coefficient (Wildman–Crippen LogP) is 4.74. The van der Waals surface area contributed by atoms with E-state index in [1.165, 1.54) is 24.3 Å². The standard InChI is InChI=1S/C18H15OP.C11H5F3O4.Eu.H2O/c19-20(16-10-4-1-5-11-16,17-12-6-2-7-13-17)18-14-8-3-9-15-18;12-11(13,14)9(16)7-8(15)5-3-1-2-4-6(5)18-10(7)17;;/h1-15H;1-4,15H;;1H2. The van der Waals surface area contributed by atoms with E-state index in [-0.39, 0.29) is 65.8 Å². The van der Waals surface area contributed by atoms with E-state index in [1.54, 1.807) is 0 Å². The SMILES string of the molecule is O.O=C(c1c(O)c2ccccc2oc1=O)C(F)(F)F.O=P(c1ccccc1)(c1ccccc1)c1ccccc1.[Eu]. The van der Waals surface area contributed by atoms with Crippen LogP contribution in [-0.2, 0) is 4.57 Å². The topological polar surface area (TPSA) is 116 Å². The van der Waals surface area contributed by atoms with E-state index in [0.717, 1.165) is 15.9 Å². The zero-order chi connectivity index (χ0) is 27.3. The fraction of sp³-hybridized carbons (Fsp3) is 0.0345. The molecule has 207 valence electrons. The molecule has 0 saturated heterocycles. The van der Waals surface area contributed by atoms with Crippen LogP contribution in [0.25, 0.3) is 11.0 Å². The summed E-state index contributed by atoms with van der Waals surface area (Å²) in [6.07, 6.45) is -5.26. The zero-order valence-corrected chi connectivity index (χ0v) is 23.8. The van der Waals surface area contributed by atoms with E-state index in [0.29, 0.717) is 0 Å². The molecule has 0 atom stereocenters. The molecule has 3 N–H and O–H groups in total. The zero-order valence-electron chi connectivity index (χ0n) is 20.5. The summed E-state index contributed by atoms with van der Waals surface area (Å²) < 4.78 is 55.1. The quantitative estimate of drug-likeness (QED) is 0.165. The molecular formula is C29H22EuF3O6P. The molecule has 0 fully saturated rings. The summed E-state index contributed by atoms with van der Waals surface area (Å²) in [6, 6.07) is 34.6. The first-order chi connectivity index (χ1) is 18.1. The van der Waals surface area contributed by atoms with E-state index in [2.05, 4.69) is 4.42 Å². The minimum Gasteiger partial charge on any atom is -0.506 e. The van der Waals surface area contributed by atoms with Crippen LogP contribution in [0.5, 0.6) is 5.75 Å². The van der Waals surface area contributed by atoms with Crippen LogP contribution >= 0.6 is 7.14 Å². The first kappa shape index (κ1) is 33.3. The molecule has 0 saturated carbocycles. The maximum atomic E-state index is 13.8. The number of Topliss-reactive ketones (excluding diaryl/α,β-unsaturated/α-hetero) is 1. The van der Waals surface area contributed by atoms with Gasteiger partial charge in [-0.1, -0.05) is 103 Å². The van der Waals surface area contributed by atoms with Crippen LogP contribution in [0.4, 0.5) is 13.2 Å². The maximum Gasteiger partial charge on any atom is 0.455 e. The number of carbonyl (C=O) groups excluding carboxylic acids is 1. The van der Waals surface area contributed by atoms with Gasteiger partial charge in [0.15, 0.2) is 12.7 Å². The Labute approximate surface area is 267 Å². The Balaban J connectivity index is 0.000000268. The molecule has 5 rings (SSSR count). The Bertz CT molecular complexity index is 1570. The van der Waals surface area contributed by atoms with Gasteiger partial charge in [-0.3, -0.25) is 4.79 Å². The van der Waals surface area contributed by atoms with E-state index < -0.39 is 36.0 Å². The van der Waals surface area contributed by atoms with Gasteiger partial charge < -0.3 is 19.6 Å². The summed E-state index contributed by atoms with van der Waals surface area (Å²) in [5, 5.41) is 12.1. The monoisotopic (exact) mass is 707 g/mol. The van der Waals surface area contributed by atoms with Gasteiger partial charge in [0.2, 0.25) is 0 Å². The molecule has 4 aromatic carbocycles. The van der Waals surface area contributed by atoms with Crippen LogP contribution in [0.1, 0.15) is 10.4 Å². The third-order valence-corrected chi connectivity index (χ3v) is 8.71. The second kappa shape index (κ2) is 14.1. The molecule has 0 unspecified atom stereocenters. The minimum absolute atomic E-state index is 0. The summed E-state index contributed by atoms with van der Waals surface area (Å²) in [5.41, 5.74) is -3.02. The first-order valence-electron chi connectivity index (χ1n) is 11.3. The van der Waals surface area contributed by atoms with E-state index in [4.69, 9.17) is 0 Å².